The molecule has 2 heterocycles. The standard InChI is InChI=1S/C16H16FN3O3/c17-12-3-5-13(6-4-12)23-16-14(2-1-7-18-16)15(19-21)20-8-10-22-11-9-20/h1-7,21H,8-11H2/b19-15-. The van der Waals surface area contributed by atoms with Crippen molar-refractivity contribution in [3.63, 3.8) is 0 Å². The van der Waals surface area contributed by atoms with Crippen LogP contribution in [-0.2, 0) is 4.74 Å². The molecule has 1 N–H and O–H groups in total. The van der Waals surface area contributed by atoms with Gasteiger partial charge in [0.15, 0.2) is 5.84 Å². The number of ether oxygens (including phenoxy) is 2. The highest BCUT2D eigenvalue weighted by molar-refractivity contribution is 6.00. The average Bonchev–Trinajstić information content (AvgIpc) is 2.60. The normalized spacial score (nSPS) is 15.5. The van der Waals surface area contributed by atoms with Gasteiger partial charge in [-0.3, -0.25) is 0 Å². The molecule has 0 amide bonds. The first kappa shape index (κ1) is 15.2. The highest BCUT2D eigenvalue weighted by Gasteiger charge is 2.21. The number of pyridine rings is 1. The number of hydrogen-bond donors (Lipinski definition) is 1. The number of rotatable bonds is 3. The van der Waals surface area contributed by atoms with Gasteiger partial charge >= 0.3 is 0 Å². The summed E-state index contributed by atoms with van der Waals surface area (Å²) < 4.78 is 24.0. The van der Waals surface area contributed by atoms with Crippen LogP contribution in [0.1, 0.15) is 5.56 Å². The summed E-state index contributed by atoms with van der Waals surface area (Å²) in [6.07, 6.45) is 1.58. The topological polar surface area (TPSA) is 67.2 Å². The average molecular weight is 317 g/mol. The van der Waals surface area contributed by atoms with Crippen LogP contribution in [0.15, 0.2) is 47.8 Å². The molecule has 6 nitrogen and oxygen atoms in total. The fourth-order valence-corrected chi connectivity index (χ4v) is 2.32. The third kappa shape index (κ3) is 3.57. The largest absolute Gasteiger partial charge is 0.438 e. The fourth-order valence-electron chi connectivity index (χ4n) is 2.32. The summed E-state index contributed by atoms with van der Waals surface area (Å²) in [7, 11) is 0. The molecule has 0 bridgehead atoms. The van der Waals surface area contributed by atoms with E-state index in [0.29, 0.717) is 49.3 Å². The van der Waals surface area contributed by atoms with E-state index in [0.717, 1.165) is 0 Å². The number of aromatic nitrogens is 1. The first-order valence-corrected chi connectivity index (χ1v) is 7.21. The van der Waals surface area contributed by atoms with Gasteiger partial charge < -0.3 is 19.6 Å². The molecule has 1 aliphatic heterocycles. The molecule has 1 aliphatic rings. The van der Waals surface area contributed by atoms with Crippen molar-refractivity contribution in [1.29, 1.82) is 0 Å². The summed E-state index contributed by atoms with van der Waals surface area (Å²) in [5, 5.41) is 12.8. The number of amidine groups is 1. The predicted octanol–water partition coefficient (Wildman–Crippen LogP) is 2.48. The van der Waals surface area contributed by atoms with E-state index in [1.54, 1.807) is 18.3 Å². The summed E-state index contributed by atoms with van der Waals surface area (Å²) in [6, 6.07) is 9.13. The number of benzene rings is 1. The molecule has 1 aromatic carbocycles. The van der Waals surface area contributed by atoms with E-state index in [9.17, 15) is 9.60 Å². The van der Waals surface area contributed by atoms with Gasteiger partial charge in [-0.15, -0.1) is 0 Å². The zero-order valence-electron chi connectivity index (χ0n) is 12.4. The van der Waals surface area contributed by atoms with Gasteiger partial charge in [-0.2, -0.15) is 0 Å². The van der Waals surface area contributed by atoms with Gasteiger partial charge in [-0.05, 0) is 36.4 Å². The molecule has 0 aliphatic carbocycles. The Hall–Kier alpha value is -2.67. The Morgan fingerprint density at radius 2 is 1.96 bits per heavy atom. The number of halogens is 1. The Bertz CT molecular complexity index is 685. The maximum Gasteiger partial charge on any atom is 0.230 e. The molecule has 0 radical (unpaired) electrons. The van der Waals surface area contributed by atoms with Crippen LogP contribution < -0.4 is 4.74 Å². The van der Waals surface area contributed by atoms with Crippen LogP contribution in [0.25, 0.3) is 0 Å². The third-order valence-corrected chi connectivity index (χ3v) is 3.45. The Morgan fingerprint density at radius 1 is 1.22 bits per heavy atom. The molecule has 1 fully saturated rings. The Balaban J connectivity index is 1.88. The maximum absolute atomic E-state index is 13.0. The van der Waals surface area contributed by atoms with Gasteiger partial charge in [0.1, 0.15) is 11.6 Å². The van der Waals surface area contributed by atoms with E-state index in [-0.39, 0.29) is 5.82 Å². The molecule has 0 spiro atoms. The van der Waals surface area contributed by atoms with Crippen LogP contribution in [0.4, 0.5) is 4.39 Å². The number of oxime groups is 1. The minimum Gasteiger partial charge on any atom is -0.438 e. The van der Waals surface area contributed by atoms with Crippen molar-refractivity contribution in [2.45, 2.75) is 0 Å². The molecule has 2 aromatic rings. The molecule has 0 atom stereocenters. The number of nitrogens with zero attached hydrogens (tertiary/aromatic N) is 3. The van der Waals surface area contributed by atoms with E-state index in [4.69, 9.17) is 9.47 Å². The molecular formula is C16H16FN3O3. The maximum atomic E-state index is 13.0. The number of morpholine rings is 1. The third-order valence-electron chi connectivity index (χ3n) is 3.45. The smallest absolute Gasteiger partial charge is 0.230 e. The van der Waals surface area contributed by atoms with E-state index in [1.807, 2.05) is 4.90 Å². The van der Waals surface area contributed by atoms with E-state index in [1.165, 1.54) is 24.3 Å². The van der Waals surface area contributed by atoms with Crippen molar-refractivity contribution >= 4 is 5.84 Å². The Kier molecular flexibility index (Phi) is 4.68. The van der Waals surface area contributed by atoms with E-state index >= 15 is 0 Å². The number of hydrogen-bond acceptors (Lipinski definition) is 5. The van der Waals surface area contributed by atoms with Gasteiger partial charge in [0.05, 0.1) is 18.8 Å². The quantitative estimate of drug-likeness (QED) is 0.408. The first-order chi connectivity index (χ1) is 11.3. The lowest BCUT2D eigenvalue weighted by atomic mass is 10.2. The Morgan fingerprint density at radius 3 is 2.65 bits per heavy atom. The summed E-state index contributed by atoms with van der Waals surface area (Å²) in [6.45, 7) is 2.36. The van der Waals surface area contributed by atoms with Crippen LogP contribution in [-0.4, -0.2) is 47.2 Å². The van der Waals surface area contributed by atoms with Crippen LogP contribution in [0.3, 0.4) is 0 Å². The molecule has 0 saturated carbocycles. The van der Waals surface area contributed by atoms with Gasteiger partial charge in [0.2, 0.25) is 5.88 Å². The van der Waals surface area contributed by atoms with Crippen LogP contribution in [0, 0.1) is 5.82 Å². The second kappa shape index (κ2) is 7.06. The monoisotopic (exact) mass is 317 g/mol. The lowest BCUT2D eigenvalue weighted by Crippen LogP contribution is -2.41. The second-order valence-corrected chi connectivity index (χ2v) is 4.94. The minimum absolute atomic E-state index is 0.290. The van der Waals surface area contributed by atoms with Crippen molar-refractivity contribution in [3.05, 3.63) is 54.0 Å². The fraction of sp³-hybridized carbons (Fsp3) is 0.250. The second-order valence-electron chi connectivity index (χ2n) is 4.94. The minimum atomic E-state index is -0.343. The molecule has 120 valence electrons. The summed E-state index contributed by atoms with van der Waals surface area (Å²) in [5.74, 6) is 0.770. The Labute approximate surface area is 132 Å². The van der Waals surface area contributed by atoms with Crippen molar-refractivity contribution in [2.75, 3.05) is 26.3 Å². The summed E-state index contributed by atoms with van der Waals surface area (Å²) >= 11 is 0. The lowest BCUT2D eigenvalue weighted by molar-refractivity contribution is 0.0667. The van der Waals surface area contributed by atoms with Gasteiger partial charge in [0, 0.05) is 19.3 Å². The van der Waals surface area contributed by atoms with E-state index in [2.05, 4.69) is 10.1 Å². The zero-order chi connectivity index (χ0) is 16.1. The SMILES string of the molecule is O/N=C(/c1cccnc1Oc1ccc(F)cc1)N1CCOCC1. The van der Waals surface area contributed by atoms with Crippen molar-refractivity contribution in [3.8, 4) is 11.6 Å². The van der Waals surface area contributed by atoms with Gasteiger partial charge in [-0.25, -0.2) is 9.37 Å². The molecular weight excluding hydrogens is 301 g/mol. The first-order valence-electron chi connectivity index (χ1n) is 7.21. The lowest BCUT2D eigenvalue weighted by Gasteiger charge is -2.29. The van der Waals surface area contributed by atoms with Gasteiger partial charge in [-0.1, -0.05) is 5.16 Å². The zero-order valence-corrected chi connectivity index (χ0v) is 12.4. The van der Waals surface area contributed by atoms with Crippen LogP contribution >= 0.6 is 0 Å². The molecule has 1 aromatic heterocycles. The molecule has 0 unspecified atom stereocenters. The summed E-state index contributed by atoms with van der Waals surface area (Å²) in [4.78, 5) is 6.10. The van der Waals surface area contributed by atoms with Crippen molar-refractivity contribution in [1.82, 2.24) is 9.88 Å². The predicted molar refractivity (Wildman–Crippen MR) is 81.4 cm³/mol. The van der Waals surface area contributed by atoms with Crippen LogP contribution in [0.2, 0.25) is 0 Å². The van der Waals surface area contributed by atoms with Crippen LogP contribution in [0.5, 0.6) is 11.6 Å². The van der Waals surface area contributed by atoms with Crippen molar-refractivity contribution in [2.24, 2.45) is 5.16 Å². The van der Waals surface area contributed by atoms with E-state index < -0.39 is 0 Å². The van der Waals surface area contributed by atoms with Gasteiger partial charge in [0.25, 0.3) is 0 Å². The van der Waals surface area contributed by atoms with Crippen molar-refractivity contribution < 1.29 is 19.1 Å². The molecule has 3 rings (SSSR count). The molecule has 1 saturated heterocycles. The molecule has 23 heavy (non-hydrogen) atoms. The summed E-state index contributed by atoms with van der Waals surface area (Å²) in [5.41, 5.74) is 0.557. The molecule has 7 heteroatoms. The highest BCUT2D eigenvalue weighted by Crippen LogP contribution is 2.24. The highest BCUT2D eigenvalue weighted by atomic mass is 19.1.